The molecule has 20 heavy (non-hydrogen) atoms. The minimum absolute atomic E-state index is 0.00824. The standard InChI is InChI=1S/C13H22N4O3/c1-12(2,3)11-14-9(15-16-11)10(20)17(7-8(18)19)13(4,5)6/h7H2,1-6H3,(H,18,19)(H,14,15,16). The fraction of sp³-hybridized carbons (Fsp3) is 0.692. The SMILES string of the molecule is CC(C)(C)c1nc(C(=O)N(CC(=O)O)C(C)(C)C)n[nH]1. The summed E-state index contributed by atoms with van der Waals surface area (Å²) in [5, 5.41) is 15.6. The fourth-order valence-electron chi connectivity index (χ4n) is 1.56. The van der Waals surface area contributed by atoms with Crippen molar-refractivity contribution < 1.29 is 14.7 Å². The number of H-pyrrole nitrogens is 1. The zero-order valence-electron chi connectivity index (χ0n) is 12.8. The van der Waals surface area contributed by atoms with E-state index in [9.17, 15) is 9.59 Å². The molecule has 1 aromatic rings. The minimum atomic E-state index is -1.07. The maximum Gasteiger partial charge on any atom is 0.323 e. The molecule has 1 rings (SSSR count). The minimum Gasteiger partial charge on any atom is -0.480 e. The van der Waals surface area contributed by atoms with Crippen molar-refractivity contribution in [1.29, 1.82) is 0 Å². The van der Waals surface area contributed by atoms with Gasteiger partial charge in [0.2, 0.25) is 5.82 Å². The van der Waals surface area contributed by atoms with E-state index in [-0.39, 0.29) is 17.8 Å². The number of aromatic nitrogens is 3. The van der Waals surface area contributed by atoms with Gasteiger partial charge in [-0.3, -0.25) is 14.7 Å². The summed E-state index contributed by atoms with van der Waals surface area (Å²) < 4.78 is 0. The van der Waals surface area contributed by atoms with Crippen LogP contribution in [0.15, 0.2) is 0 Å². The van der Waals surface area contributed by atoms with Crippen molar-refractivity contribution in [2.75, 3.05) is 6.54 Å². The predicted molar refractivity (Wildman–Crippen MR) is 73.5 cm³/mol. The second-order valence-corrected chi connectivity index (χ2v) is 6.71. The van der Waals surface area contributed by atoms with Gasteiger partial charge >= 0.3 is 5.97 Å². The van der Waals surface area contributed by atoms with Gasteiger partial charge in [-0.05, 0) is 20.8 Å². The first-order chi connectivity index (χ1) is 8.93. The molecule has 7 nitrogen and oxygen atoms in total. The molecule has 0 aliphatic carbocycles. The Morgan fingerprint density at radius 3 is 2.10 bits per heavy atom. The van der Waals surface area contributed by atoms with Gasteiger partial charge in [-0.2, -0.15) is 0 Å². The molecule has 0 bridgehead atoms. The number of nitrogens with zero attached hydrogens (tertiary/aromatic N) is 3. The van der Waals surface area contributed by atoms with Crippen LogP contribution in [-0.4, -0.2) is 49.1 Å². The summed E-state index contributed by atoms with van der Waals surface area (Å²) in [6.07, 6.45) is 0. The van der Waals surface area contributed by atoms with E-state index in [1.165, 1.54) is 4.90 Å². The summed E-state index contributed by atoms with van der Waals surface area (Å²) in [6.45, 7) is 10.8. The van der Waals surface area contributed by atoms with Crippen LogP contribution < -0.4 is 0 Å². The van der Waals surface area contributed by atoms with Crippen LogP contribution in [0.4, 0.5) is 0 Å². The molecule has 0 aromatic carbocycles. The summed E-state index contributed by atoms with van der Waals surface area (Å²) in [4.78, 5) is 28.7. The van der Waals surface area contributed by atoms with Crippen molar-refractivity contribution in [2.24, 2.45) is 0 Å². The Balaban J connectivity index is 3.07. The van der Waals surface area contributed by atoms with Gasteiger partial charge in [0.1, 0.15) is 12.4 Å². The lowest BCUT2D eigenvalue weighted by molar-refractivity contribution is -0.138. The highest BCUT2D eigenvalue weighted by Gasteiger charge is 2.32. The maximum atomic E-state index is 12.4. The highest BCUT2D eigenvalue weighted by atomic mass is 16.4. The Hall–Kier alpha value is -1.92. The molecule has 0 spiro atoms. The number of hydrogen-bond acceptors (Lipinski definition) is 4. The molecule has 0 saturated heterocycles. The molecule has 1 amide bonds. The van der Waals surface area contributed by atoms with Crippen LogP contribution in [0.2, 0.25) is 0 Å². The molecule has 0 fully saturated rings. The number of carbonyl (C=O) groups is 2. The number of aliphatic carboxylic acids is 1. The second-order valence-electron chi connectivity index (χ2n) is 6.71. The van der Waals surface area contributed by atoms with Crippen LogP contribution >= 0.6 is 0 Å². The van der Waals surface area contributed by atoms with E-state index in [0.29, 0.717) is 5.82 Å². The summed E-state index contributed by atoms with van der Waals surface area (Å²) in [7, 11) is 0. The molecular formula is C13H22N4O3. The molecular weight excluding hydrogens is 260 g/mol. The van der Waals surface area contributed by atoms with Gasteiger partial charge in [-0.15, -0.1) is 5.10 Å². The molecule has 0 atom stereocenters. The molecule has 7 heteroatoms. The van der Waals surface area contributed by atoms with Gasteiger partial charge in [-0.1, -0.05) is 20.8 Å². The van der Waals surface area contributed by atoms with Crippen molar-refractivity contribution in [1.82, 2.24) is 20.1 Å². The first-order valence-electron chi connectivity index (χ1n) is 6.39. The Bertz CT molecular complexity index is 508. The monoisotopic (exact) mass is 282 g/mol. The second kappa shape index (κ2) is 5.22. The number of hydrogen-bond donors (Lipinski definition) is 2. The first-order valence-corrected chi connectivity index (χ1v) is 6.39. The van der Waals surface area contributed by atoms with Crippen molar-refractivity contribution in [3.8, 4) is 0 Å². The summed E-state index contributed by atoms with van der Waals surface area (Å²) in [6, 6.07) is 0. The lowest BCUT2D eigenvalue weighted by Crippen LogP contribution is -2.48. The number of carboxylic acids is 1. The van der Waals surface area contributed by atoms with Crippen LogP contribution in [0.3, 0.4) is 0 Å². The third kappa shape index (κ3) is 3.79. The summed E-state index contributed by atoms with van der Waals surface area (Å²) in [5.41, 5.74) is -0.886. The quantitative estimate of drug-likeness (QED) is 0.873. The van der Waals surface area contributed by atoms with E-state index in [1.807, 2.05) is 20.8 Å². The highest BCUT2D eigenvalue weighted by Crippen LogP contribution is 2.19. The van der Waals surface area contributed by atoms with Crippen molar-refractivity contribution in [2.45, 2.75) is 52.5 Å². The van der Waals surface area contributed by atoms with Gasteiger partial charge in [-0.25, -0.2) is 4.98 Å². The van der Waals surface area contributed by atoms with E-state index in [1.54, 1.807) is 20.8 Å². The molecule has 0 radical (unpaired) electrons. The Labute approximate surface area is 118 Å². The fourth-order valence-corrected chi connectivity index (χ4v) is 1.56. The molecule has 1 heterocycles. The van der Waals surface area contributed by atoms with E-state index in [2.05, 4.69) is 15.2 Å². The molecule has 0 unspecified atom stereocenters. The van der Waals surface area contributed by atoms with Crippen LogP contribution in [0.25, 0.3) is 0 Å². The largest absolute Gasteiger partial charge is 0.480 e. The molecule has 112 valence electrons. The lowest BCUT2D eigenvalue weighted by Gasteiger charge is -2.33. The van der Waals surface area contributed by atoms with Crippen LogP contribution in [0.1, 0.15) is 58.0 Å². The molecule has 0 aliphatic heterocycles. The average molecular weight is 282 g/mol. The van der Waals surface area contributed by atoms with E-state index >= 15 is 0 Å². The third-order valence-corrected chi connectivity index (χ3v) is 2.74. The highest BCUT2D eigenvalue weighted by molar-refractivity contribution is 5.93. The van der Waals surface area contributed by atoms with Gasteiger partial charge in [0.25, 0.3) is 5.91 Å². The maximum absolute atomic E-state index is 12.4. The zero-order chi connectivity index (χ0) is 15.7. The number of rotatable bonds is 3. The number of aromatic amines is 1. The number of carbonyl (C=O) groups excluding carboxylic acids is 1. The van der Waals surface area contributed by atoms with Crippen LogP contribution in [-0.2, 0) is 10.2 Å². The normalized spacial score (nSPS) is 12.3. The number of nitrogens with one attached hydrogen (secondary N) is 1. The lowest BCUT2D eigenvalue weighted by atomic mass is 9.96. The van der Waals surface area contributed by atoms with Crippen LogP contribution in [0, 0.1) is 0 Å². The Morgan fingerprint density at radius 2 is 1.75 bits per heavy atom. The van der Waals surface area contributed by atoms with Gasteiger partial charge in [0, 0.05) is 11.0 Å². The van der Waals surface area contributed by atoms with E-state index in [0.717, 1.165) is 0 Å². The molecule has 2 N–H and O–H groups in total. The van der Waals surface area contributed by atoms with Gasteiger partial charge in [0.05, 0.1) is 0 Å². The Kier molecular flexibility index (Phi) is 4.21. The number of amides is 1. The smallest absolute Gasteiger partial charge is 0.323 e. The molecule has 1 aromatic heterocycles. The Morgan fingerprint density at radius 1 is 1.20 bits per heavy atom. The average Bonchev–Trinajstić information content (AvgIpc) is 2.71. The first kappa shape index (κ1) is 16.1. The van der Waals surface area contributed by atoms with Crippen molar-refractivity contribution >= 4 is 11.9 Å². The van der Waals surface area contributed by atoms with Crippen molar-refractivity contribution in [3.05, 3.63) is 11.6 Å². The van der Waals surface area contributed by atoms with Crippen LogP contribution in [0.5, 0.6) is 0 Å². The third-order valence-electron chi connectivity index (χ3n) is 2.74. The van der Waals surface area contributed by atoms with Gasteiger partial charge < -0.3 is 10.0 Å². The molecule has 0 aliphatic rings. The van der Waals surface area contributed by atoms with Gasteiger partial charge in [0.15, 0.2) is 0 Å². The number of carboxylic acid groups (broad SMARTS) is 1. The van der Waals surface area contributed by atoms with Crippen molar-refractivity contribution in [3.63, 3.8) is 0 Å². The predicted octanol–water partition coefficient (Wildman–Crippen LogP) is 1.43. The summed E-state index contributed by atoms with van der Waals surface area (Å²) >= 11 is 0. The van der Waals surface area contributed by atoms with E-state index < -0.39 is 17.4 Å². The zero-order valence-corrected chi connectivity index (χ0v) is 12.8. The summed E-state index contributed by atoms with van der Waals surface area (Å²) in [5.74, 6) is -0.984. The topological polar surface area (TPSA) is 99.2 Å². The molecule has 0 saturated carbocycles. The van der Waals surface area contributed by atoms with E-state index in [4.69, 9.17) is 5.11 Å².